The lowest BCUT2D eigenvalue weighted by Gasteiger charge is -2.38. The molecule has 2 aromatic heterocycles. The van der Waals surface area contributed by atoms with Crippen molar-refractivity contribution in [2.45, 2.75) is 30.6 Å². The SMILES string of the molecule is O=C(NCC(c1ccc(-c2ccc(C3(CNC(=O)C(=O)Nc4c[nH]c5cc(F)c(F)cc45)CCOCC3)cc2Cl)cc1)C(F)F)C(=O)Nc1c[nH]c2cc(F)c(F)cc12. The predicted octanol–water partition coefficient (Wildman–Crippen LogP) is 7.43. The van der Waals surface area contributed by atoms with Crippen LogP contribution in [-0.2, 0) is 29.3 Å². The normalized spacial score (nSPS) is 14.3. The summed E-state index contributed by atoms with van der Waals surface area (Å²) in [5.41, 5.74) is 1.87. The summed E-state index contributed by atoms with van der Waals surface area (Å²) in [5.74, 6) is -10.4. The highest BCUT2D eigenvalue weighted by molar-refractivity contribution is 6.40. The van der Waals surface area contributed by atoms with Crippen molar-refractivity contribution in [3.05, 3.63) is 119 Å². The summed E-state index contributed by atoms with van der Waals surface area (Å²) in [7, 11) is 0. The van der Waals surface area contributed by atoms with Crippen LogP contribution in [0.5, 0.6) is 0 Å². The Bertz CT molecular complexity index is 2590. The molecule has 0 radical (unpaired) electrons. The molecule has 6 aromatic rings. The van der Waals surface area contributed by atoms with Crippen LogP contribution in [-0.4, -0.2) is 66.3 Å². The number of hydrogen-bond acceptors (Lipinski definition) is 5. The van der Waals surface area contributed by atoms with Crippen LogP contribution in [0.15, 0.2) is 79.1 Å². The number of nitrogens with one attached hydrogen (secondary N) is 6. The van der Waals surface area contributed by atoms with Gasteiger partial charge in [-0.2, -0.15) is 0 Å². The summed E-state index contributed by atoms with van der Waals surface area (Å²) in [4.78, 5) is 56.2. The third-order valence-electron chi connectivity index (χ3n) is 10.4. The standard InChI is InChI=1S/C41H33ClF6N6O5/c42-27-11-22(41(7-9-59-10-8-41)19-52-38(56)40(58)54-35-18-50-33-15-31(46)29(44)13-25(33)35)5-6-23(27)20-1-3-21(4-2-20)26(36(47)48)16-51-37(55)39(57)53-34-17-49-32-14-30(45)28(43)12-24(32)34/h1-6,11-15,17-18,26,36,49-50H,7-10,16,19H2,(H,51,55)(H,52,56)(H,53,57)(H,54,58). The molecule has 4 aromatic carbocycles. The average molecular weight is 839 g/mol. The van der Waals surface area contributed by atoms with E-state index in [1.54, 1.807) is 24.3 Å². The molecule has 1 atom stereocenters. The van der Waals surface area contributed by atoms with Crippen LogP contribution >= 0.6 is 11.6 Å². The van der Waals surface area contributed by atoms with Gasteiger partial charge in [0, 0.05) is 77.6 Å². The summed E-state index contributed by atoms with van der Waals surface area (Å²) in [5, 5.41) is 10.2. The third-order valence-corrected chi connectivity index (χ3v) is 10.7. The van der Waals surface area contributed by atoms with Crippen molar-refractivity contribution in [3.63, 3.8) is 0 Å². The molecule has 1 unspecified atom stereocenters. The van der Waals surface area contributed by atoms with Crippen LogP contribution in [0.2, 0.25) is 5.02 Å². The average Bonchev–Trinajstić information content (AvgIpc) is 3.79. The largest absolute Gasteiger partial charge is 0.381 e. The zero-order valence-electron chi connectivity index (χ0n) is 30.6. The van der Waals surface area contributed by atoms with Gasteiger partial charge in [-0.05, 0) is 47.7 Å². The van der Waals surface area contributed by atoms with Crippen molar-refractivity contribution in [2.75, 3.05) is 36.9 Å². The molecule has 0 bridgehead atoms. The highest BCUT2D eigenvalue weighted by atomic mass is 35.5. The number of anilines is 2. The van der Waals surface area contributed by atoms with Gasteiger partial charge < -0.3 is 36.0 Å². The molecule has 1 fully saturated rings. The number of fused-ring (bicyclic) bond motifs is 2. The van der Waals surface area contributed by atoms with E-state index in [0.29, 0.717) is 42.2 Å². The van der Waals surface area contributed by atoms with Gasteiger partial charge in [0.15, 0.2) is 23.3 Å². The maximum Gasteiger partial charge on any atom is 0.313 e. The van der Waals surface area contributed by atoms with E-state index in [1.165, 1.54) is 24.5 Å². The monoisotopic (exact) mass is 838 g/mol. The van der Waals surface area contributed by atoms with Crippen molar-refractivity contribution in [1.29, 1.82) is 0 Å². The lowest BCUT2D eigenvalue weighted by Crippen LogP contribution is -2.47. The Morgan fingerprint density at radius 3 is 1.75 bits per heavy atom. The van der Waals surface area contributed by atoms with Crippen LogP contribution in [0.4, 0.5) is 37.7 Å². The molecule has 59 heavy (non-hydrogen) atoms. The number of hydrogen-bond donors (Lipinski definition) is 6. The van der Waals surface area contributed by atoms with E-state index in [4.69, 9.17) is 16.3 Å². The van der Waals surface area contributed by atoms with E-state index >= 15 is 0 Å². The summed E-state index contributed by atoms with van der Waals surface area (Å²) < 4.78 is 88.8. The molecular weight excluding hydrogens is 806 g/mol. The summed E-state index contributed by atoms with van der Waals surface area (Å²) >= 11 is 6.79. The number of alkyl halides is 2. The number of amides is 4. The van der Waals surface area contributed by atoms with Gasteiger partial charge in [0.1, 0.15) is 0 Å². The smallest absolute Gasteiger partial charge is 0.313 e. The lowest BCUT2D eigenvalue weighted by atomic mass is 9.73. The van der Waals surface area contributed by atoms with Gasteiger partial charge in [-0.1, -0.05) is 48.0 Å². The molecule has 11 nitrogen and oxygen atoms in total. The van der Waals surface area contributed by atoms with E-state index in [1.807, 2.05) is 6.07 Å². The van der Waals surface area contributed by atoms with Gasteiger partial charge in [-0.3, -0.25) is 19.2 Å². The van der Waals surface area contributed by atoms with Crippen LogP contribution in [0.25, 0.3) is 32.9 Å². The van der Waals surface area contributed by atoms with Crippen LogP contribution in [0.1, 0.15) is 29.9 Å². The molecule has 0 aliphatic carbocycles. The fourth-order valence-electron chi connectivity index (χ4n) is 7.08. The number of aromatic nitrogens is 2. The second-order valence-corrected chi connectivity index (χ2v) is 14.4. The minimum atomic E-state index is -2.93. The van der Waals surface area contributed by atoms with Crippen LogP contribution in [0.3, 0.4) is 0 Å². The topological polar surface area (TPSA) is 157 Å². The number of carbonyl (C=O) groups is 4. The van der Waals surface area contributed by atoms with E-state index in [2.05, 4.69) is 31.2 Å². The van der Waals surface area contributed by atoms with E-state index < -0.39 is 71.2 Å². The fourth-order valence-corrected chi connectivity index (χ4v) is 7.37. The summed E-state index contributed by atoms with van der Waals surface area (Å²) in [6.45, 7) is 0.174. The number of aromatic amines is 2. The number of benzene rings is 4. The maximum atomic E-state index is 14.2. The van der Waals surface area contributed by atoms with Gasteiger partial charge in [0.2, 0.25) is 6.43 Å². The van der Waals surface area contributed by atoms with Crippen molar-refractivity contribution in [2.24, 2.45) is 0 Å². The molecule has 1 aliphatic heterocycles. The Morgan fingerprint density at radius 2 is 1.22 bits per heavy atom. The minimum Gasteiger partial charge on any atom is -0.381 e. The molecule has 306 valence electrons. The van der Waals surface area contributed by atoms with Crippen molar-refractivity contribution < 1.29 is 50.3 Å². The van der Waals surface area contributed by atoms with E-state index in [0.717, 1.165) is 29.8 Å². The van der Waals surface area contributed by atoms with Crippen molar-refractivity contribution in [1.82, 2.24) is 20.6 Å². The molecule has 3 heterocycles. The molecule has 1 saturated heterocycles. The van der Waals surface area contributed by atoms with Crippen LogP contribution in [0, 0.1) is 23.3 Å². The van der Waals surface area contributed by atoms with Gasteiger partial charge in [-0.25, -0.2) is 26.3 Å². The Hall–Kier alpha value is -6.33. The lowest BCUT2D eigenvalue weighted by molar-refractivity contribution is -0.136. The fraction of sp³-hybridized carbons (Fsp3) is 0.220. The Labute approximate surface area is 335 Å². The second-order valence-electron chi connectivity index (χ2n) is 14.0. The first kappa shape index (κ1) is 40.9. The number of carbonyl (C=O) groups excluding carboxylic acids is 4. The third kappa shape index (κ3) is 8.61. The van der Waals surface area contributed by atoms with Crippen molar-refractivity contribution >= 4 is 68.4 Å². The highest BCUT2D eigenvalue weighted by Gasteiger charge is 2.36. The van der Waals surface area contributed by atoms with Gasteiger partial charge >= 0.3 is 23.6 Å². The first-order valence-corrected chi connectivity index (χ1v) is 18.5. The van der Waals surface area contributed by atoms with Gasteiger partial charge in [0.05, 0.1) is 28.3 Å². The van der Waals surface area contributed by atoms with Gasteiger partial charge in [0.25, 0.3) is 0 Å². The molecule has 0 spiro atoms. The molecule has 18 heteroatoms. The first-order valence-electron chi connectivity index (χ1n) is 18.1. The molecule has 7 rings (SSSR count). The molecular formula is C41H33ClF6N6O5. The van der Waals surface area contributed by atoms with Crippen molar-refractivity contribution in [3.8, 4) is 11.1 Å². The quantitative estimate of drug-likeness (QED) is 0.0625. The molecule has 1 aliphatic rings. The summed E-state index contributed by atoms with van der Waals surface area (Å²) in [6, 6.07) is 14.9. The predicted molar refractivity (Wildman–Crippen MR) is 207 cm³/mol. The highest BCUT2D eigenvalue weighted by Crippen LogP contribution is 2.39. The Balaban J connectivity index is 0.990. The number of halogens is 7. The number of rotatable bonds is 10. The molecule has 0 saturated carbocycles. The summed E-state index contributed by atoms with van der Waals surface area (Å²) in [6.07, 6.45) is 0.576. The Kier molecular flexibility index (Phi) is 11.7. The van der Waals surface area contributed by atoms with Gasteiger partial charge in [-0.15, -0.1) is 0 Å². The second kappa shape index (κ2) is 16.9. The maximum absolute atomic E-state index is 14.2. The zero-order valence-corrected chi connectivity index (χ0v) is 31.3. The molecule has 6 N–H and O–H groups in total. The number of H-pyrrole nitrogens is 2. The Morgan fingerprint density at radius 1 is 0.695 bits per heavy atom. The van der Waals surface area contributed by atoms with E-state index in [-0.39, 0.29) is 45.3 Å². The number of ether oxygens (including phenoxy) is 1. The van der Waals surface area contributed by atoms with Crippen LogP contribution < -0.4 is 21.3 Å². The molecule has 4 amide bonds. The zero-order chi connectivity index (χ0) is 42.0. The minimum absolute atomic E-state index is 0.00903. The first-order chi connectivity index (χ1) is 28.2. The van der Waals surface area contributed by atoms with E-state index in [9.17, 15) is 45.5 Å².